The molecular weight excluding hydrogens is 346 g/mol. The van der Waals surface area contributed by atoms with Gasteiger partial charge < -0.3 is 15.0 Å². The van der Waals surface area contributed by atoms with Gasteiger partial charge in [-0.15, -0.1) is 0 Å². The Morgan fingerprint density at radius 2 is 1.81 bits per heavy atom. The minimum Gasteiger partial charge on any atom is -0.376 e. The number of piperidine rings is 1. The molecule has 7 heteroatoms. The van der Waals surface area contributed by atoms with Gasteiger partial charge in [0.2, 0.25) is 11.8 Å². The fourth-order valence-corrected chi connectivity index (χ4v) is 4.13. The fourth-order valence-electron chi connectivity index (χ4n) is 4.13. The van der Waals surface area contributed by atoms with Crippen molar-refractivity contribution in [2.24, 2.45) is 5.92 Å². The van der Waals surface area contributed by atoms with Gasteiger partial charge in [-0.2, -0.15) is 5.06 Å². The maximum absolute atomic E-state index is 12.4. The van der Waals surface area contributed by atoms with E-state index in [1.165, 1.54) is 0 Å². The number of amides is 2. The molecule has 1 atom stereocenters. The summed E-state index contributed by atoms with van der Waals surface area (Å²) in [7, 11) is 0. The maximum atomic E-state index is 12.4. The van der Waals surface area contributed by atoms with E-state index in [2.05, 4.69) is 5.32 Å². The van der Waals surface area contributed by atoms with Gasteiger partial charge in [0.15, 0.2) is 0 Å². The molecule has 0 aromatic rings. The molecule has 27 heavy (non-hydrogen) atoms. The molecule has 3 rings (SSSR count). The minimum atomic E-state index is 0.130. The zero-order valence-electron chi connectivity index (χ0n) is 16.5. The number of rotatable bonds is 8. The molecule has 7 nitrogen and oxygen atoms in total. The van der Waals surface area contributed by atoms with Gasteiger partial charge in [0.25, 0.3) is 0 Å². The summed E-state index contributed by atoms with van der Waals surface area (Å²) in [5.41, 5.74) is 0. The molecule has 0 bridgehead atoms. The lowest BCUT2D eigenvalue weighted by molar-refractivity contribution is -0.182. The van der Waals surface area contributed by atoms with Crippen molar-refractivity contribution in [1.29, 1.82) is 0 Å². The summed E-state index contributed by atoms with van der Waals surface area (Å²) in [6.45, 7) is 5.52. The van der Waals surface area contributed by atoms with Crippen molar-refractivity contribution in [3.8, 4) is 0 Å². The molecule has 3 fully saturated rings. The van der Waals surface area contributed by atoms with Gasteiger partial charge in [-0.3, -0.25) is 14.4 Å². The Labute approximate surface area is 162 Å². The summed E-state index contributed by atoms with van der Waals surface area (Å²) in [5.74, 6) is 0.912. The number of hydrogen-bond acceptors (Lipinski definition) is 5. The van der Waals surface area contributed by atoms with Crippen molar-refractivity contribution >= 4 is 11.8 Å². The normalized spacial score (nSPS) is 24.9. The molecule has 1 N–H and O–H groups in total. The first-order valence-corrected chi connectivity index (χ1v) is 10.7. The lowest BCUT2D eigenvalue weighted by Gasteiger charge is -2.33. The van der Waals surface area contributed by atoms with E-state index >= 15 is 0 Å². The molecule has 0 aromatic carbocycles. The number of nitrogens with one attached hydrogen (secondary N) is 1. The monoisotopic (exact) mass is 381 g/mol. The minimum absolute atomic E-state index is 0.130. The molecule has 0 radical (unpaired) electrons. The van der Waals surface area contributed by atoms with Crippen LogP contribution in [0.3, 0.4) is 0 Å². The smallest absolute Gasteiger partial charge is 0.223 e. The summed E-state index contributed by atoms with van der Waals surface area (Å²) in [5, 5.41) is 4.93. The average molecular weight is 382 g/mol. The van der Waals surface area contributed by atoms with Crippen LogP contribution in [0.4, 0.5) is 0 Å². The number of nitrogens with zero attached hydrogens (tertiary/aromatic N) is 2. The van der Waals surface area contributed by atoms with E-state index in [1.807, 2.05) is 9.96 Å². The van der Waals surface area contributed by atoms with Crippen molar-refractivity contribution in [3.63, 3.8) is 0 Å². The van der Waals surface area contributed by atoms with Crippen LogP contribution < -0.4 is 5.32 Å². The highest BCUT2D eigenvalue weighted by atomic mass is 16.7. The molecule has 3 heterocycles. The molecule has 1 unspecified atom stereocenters. The topological polar surface area (TPSA) is 71.1 Å². The first kappa shape index (κ1) is 20.6. The Morgan fingerprint density at radius 1 is 0.963 bits per heavy atom. The number of carbonyl (C=O) groups excluding carboxylic acids is 2. The van der Waals surface area contributed by atoms with E-state index in [0.717, 1.165) is 77.8 Å². The van der Waals surface area contributed by atoms with Crippen molar-refractivity contribution < 1.29 is 19.2 Å². The van der Waals surface area contributed by atoms with E-state index in [1.54, 1.807) is 0 Å². The molecule has 0 aromatic heterocycles. The second kappa shape index (κ2) is 11.0. The van der Waals surface area contributed by atoms with Crippen LogP contribution in [0.2, 0.25) is 0 Å². The van der Waals surface area contributed by atoms with Crippen LogP contribution >= 0.6 is 0 Å². The zero-order valence-corrected chi connectivity index (χ0v) is 16.5. The fraction of sp³-hybridized carbons (Fsp3) is 0.900. The predicted octanol–water partition coefficient (Wildman–Crippen LogP) is 1.72. The first-order chi connectivity index (χ1) is 13.2. The highest BCUT2D eigenvalue weighted by Gasteiger charge is 2.24. The van der Waals surface area contributed by atoms with Crippen molar-refractivity contribution in [2.75, 3.05) is 45.9 Å². The van der Waals surface area contributed by atoms with Crippen molar-refractivity contribution in [3.05, 3.63) is 0 Å². The number of carbonyl (C=O) groups is 2. The van der Waals surface area contributed by atoms with Gasteiger partial charge in [-0.05, 0) is 50.9 Å². The Hall–Kier alpha value is -1.18. The van der Waals surface area contributed by atoms with Crippen LogP contribution in [0.5, 0.6) is 0 Å². The highest BCUT2D eigenvalue weighted by Crippen LogP contribution is 2.22. The molecule has 0 aliphatic carbocycles. The van der Waals surface area contributed by atoms with Gasteiger partial charge in [0.05, 0.1) is 12.7 Å². The Morgan fingerprint density at radius 3 is 2.52 bits per heavy atom. The van der Waals surface area contributed by atoms with Crippen LogP contribution in [0, 0.1) is 5.92 Å². The van der Waals surface area contributed by atoms with Crippen LogP contribution in [-0.4, -0.2) is 73.8 Å². The van der Waals surface area contributed by atoms with Crippen molar-refractivity contribution in [2.45, 2.75) is 63.9 Å². The number of likely N-dealkylation sites (tertiary alicyclic amines) is 1. The van der Waals surface area contributed by atoms with Gasteiger partial charge in [-0.25, -0.2) is 0 Å². The third kappa shape index (κ3) is 7.05. The second-order valence-corrected chi connectivity index (χ2v) is 8.02. The van der Waals surface area contributed by atoms with Gasteiger partial charge in [0, 0.05) is 52.2 Å². The Balaban J connectivity index is 1.24. The Kier molecular flexibility index (Phi) is 8.35. The van der Waals surface area contributed by atoms with E-state index in [-0.39, 0.29) is 17.9 Å². The molecule has 3 aliphatic heterocycles. The van der Waals surface area contributed by atoms with Crippen LogP contribution in [0.1, 0.15) is 57.8 Å². The molecule has 3 aliphatic rings. The molecule has 0 spiro atoms. The largest absolute Gasteiger partial charge is 0.376 e. The summed E-state index contributed by atoms with van der Waals surface area (Å²) in [4.78, 5) is 31.9. The number of ether oxygens (including phenoxy) is 1. The maximum Gasteiger partial charge on any atom is 0.223 e. The molecular formula is C20H35N3O4. The van der Waals surface area contributed by atoms with E-state index < -0.39 is 0 Å². The molecule has 2 amide bonds. The summed E-state index contributed by atoms with van der Waals surface area (Å²) >= 11 is 0. The van der Waals surface area contributed by atoms with Gasteiger partial charge >= 0.3 is 0 Å². The van der Waals surface area contributed by atoms with Gasteiger partial charge in [-0.1, -0.05) is 0 Å². The highest BCUT2D eigenvalue weighted by molar-refractivity contribution is 5.76. The van der Waals surface area contributed by atoms with Crippen LogP contribution in [0.25, 0.3) is 0 Å². The molecule has 154 valence electrons. The third-order valence-electron chi connectivity index (χ3n) is 5.95. The van der Waals surface area contributed by atoms with E-state index in [4.69, 9.17) is 9.57 Å². The molecule has 3 saturated heterocycles. The van der Waals surface area contributed by atoms with E-state index in [9.17, 15) is 9.59 Å². The number of hydroxylamine groups is 2. The Bertz CT molecular complexity index is 468. The third-order valence-corrected chi connectivity index (χ3v) is 5.95. The number of hydrogen-bond donors (Lipinski definition) is 1. The summed E-state index contributed by atoms with van der Waals surface area (Å²) in [6.07, 6.45) is 8.67. The average Bonchev–Trinajstić information content (AvgIpc) is 3.24. The standard InChI is InChI=1S/C20H35N3O4/c24-19(21-16-18-4-3-14-26-18)6-5-17-7-11-22(12-8-17)20(25)9-13-23-10-1-2-15-27-23/h17-18H,1-16H2,(H,21,24). The SMILES string of the molecule is O=C(CCC1CCN(C(=O)CCN2CCCCO2)CC1)NCC1CCCO1. The molecule has 0 saturated carbocycles. The predicted molar refractivity (Wildman–Crippen MR) is 102 cm³/mol. The van der Waals surface area contributed by atoms with Gasteiger partial charge in [0.1, 0.15) is 0 Å². The lowest BCUT2D eigenvalue weighted by atomic mass is 9.92. The summed E-state index contributed by atoms with van der Waals surface area (Å²) < 4.78 is 5.53. The first-order valence-electron chi connectivity index (χ1n) is 10.7. The second-order valence-electron chi connectivity index (χ2n) is 8.02. The van der Waals surface area contributed by atoms with Crippen molar-refractivity contribution in [1.82, 2.24) is 15.3 Å². The quantitative estimate of drug-likeness (QED) is 0.693. The van der Waals surface area contributed by atoms with Crippen LogP contribution in [-0.2, 0) is 19.2 Å². The van der Waals surface area contributed by atoms with E-state index in [0.29, 0.717) is 31.8 Å². The summed E-state index contributed by atoms with van der Waals surface area (Å²) in [6, 6.07) is 0. The lowest BCUT2D eigenvalue weighted by Crippen LogP contribution is -2.41. The zero-order chi connectivity index (χ0) is 18.9. The van der Waals surface area contributed by atoms with Crippen LogP contribution in [0.15, 0.2) is 0 Å².